The predicted molar refractivity (Wildman–Crippen MR) is 103 cm³/mol. The zero-order chi connectivity index (χ0) is 17.3. The van der Waals surface area contributed by atoms with Crippen LogP contribution in [0.3, 0.4) is 0 Å². The molecule has 1 aliphatic heterocycles. The number of benzene rings is 1. The molecule has 0 saturated carbocycles. The molecule has 4 heteroatoms. The number of hydrogen-bond donors (Lipinski definition) is 1. The second kappa shape index (κ2) is 9.42. The fraction of sp³-hybridized carbons (Fsp3) is 0.476. The maximum absolute atomic E-state index is 5.56. The van der Waals surface area contributed by atoms with Gasteiger partial charge < -0.3 is 15.0 Å². The maximum Gasteiger partial charge on any atom is 0.119 e. The van der Waals surface area contributed by atoms with Crippen molar-refractivity contribution in [1.82, 2.24) is 10.3 Å². The van der Waals surface area contributed by atoms with Gasteiger partial charge in [-0.1, -0.05) is 12.1 Å². The molecule has 0 radical (unpaired) electrons. The van der Waals surface area contributed by atoms with Gasteiger partial charge >= 0.3 is 0 Å². The molecule has 0 amide bonds. The molecule has 2 aromatic rings. The summed E-state index contributed by atoms with van der Waals surface area (Å²) in [6, 6.07) is 12.6. The fourth-order valence-corrected chi connectivity index (χ4v) is 3.49. The van der Waals surface area contributed by atoms with Crippen LogP contribution in [0.4, 0.5) is 5.69 Å². The van der Waals surface area contributed by atoms with Gasteiger partial charge in [0, 0.05) is 37.7 Å². The fourth-order valence-electron chi connectivity index (χ4n) is 3.49. The van der Waals surface area contributed by atoms with Crippen LogP contribution in [-0.2, 0) is 6.54 Å². The highest BCUT2D eigenvalue weighted by molar-refractivity contribution is 5.44. The van der Waals surface area contributed by atoms with Gasteiger partial charge in [-0.05, 0) is 68.5 Å². The second-order valence-corrected chi connectivity index (χ2v) is 6.68. The van der Waals surface area contributed by atoms with Crippen molar-refractivity contribution in [2.75, 3.05) is 31.1 Å². The third-order valence-electron chi connectivity index (χ3n) is 4.91. The average Bonchev–Trinajstić information content (AvgIpc) is 2.67. The topological polar surface area (TPSA) is 37.4 Å². The van der Waals surface area contributed by atoms with Crippen LogP contribution in [-0.4, -0.2) is 31.2 Å². The van der Waals surface area contributed by atoms with Gasteiger partial charge in [-0.15, -0.1) is 0 Å². The van der Waals surface area contributed by atoms with Crippen molar-refractivity contribution in [3.63, 3.8) is 0 Å². The molecule has 25 heavy (non-hydrogen) atoms. The Hall–Kier alpha value is -2.07. The molecule has 0 unspecified atom stereocenters. The van der Waals surface area contributed by atoms with Crippen molar-refractivity contribution < 1.29 is 4.74 Å². The summed E-state index contributed by atoms with van der Waals surface area (Å²) in [6.07, 6.45) is 7.58. The van der Waals surface area contributed by atoms with E-state index in [-0.39, 0.29) is 0 Å². The molecule has 4 nitrogen and oxygen atoms in total. The highest BCUT2D eigenvalue weighted by Gasteiger charge is 2.18. The molecule has 3 rings (SSSR count). The molecular formula is C21H29N3O. The van der Waals surface area contributed by atoms with Crippen molar-refractivity contribution in [1.29, 1.82) is 0 Å². The quantitative estimate of drug-likeness (QED) is 0.741. The number of ether oxygens (including phenoxy) is 1. The number of piperidine rings is 1. The third kappa shape index (κ3) is 5.46. The van der Waals surface area contributed by atoms with E-state index in [0.717, 1.165) is 44.5 Å². The summed E-state index contributed by atoms with van der Waals surface area (Å²) in [4.78, 5) is 6.58. The Morgan fingerprint density at radius 2 is 1.96 bits per heavy atom. The van der Waals surface area contributed by atoms with E-state index in [4.69, 9.17) is 4.74 Å². The summed E-state index contributed by atoms with van der Waals surface area (Å²) in [5.74, 6) is 1.80. The lowest BCUT2D eigenvalue weighted by atomic mass is 9.93. The highest BCUT2D eigenvalue weighted by Crippen LogP contribution is 2.24. The summed E-state index contributed by atoms with van der Waals surface area (Å²) in [5.41, 5.74) is 2.60. The Bertz CT molecular complexity index is 624. The lowest BCUT2D eigenvalue weighted by molar-refractivity contribution is 0.339. The van der Waals surface area contributed by atoms with E-state index < -0.39 is 0 Å². The number of anilines is 1. The van der Waals surface area contributed by atoms with E-state index in [9.17, 15) is 0 Å². The van der Waals surface area contributed by atoms with Crippen LogP contribution in [0.1, 0.15) is 31.7 Å². The molecule has 1 aromatic heterocycles. The van der Waals surface area contributed by atoms with Crippen LogP contribution in [0, 0.1) is 5.92 Å². The number of nitrogens with one attached hydrogen (secondary N) is 1. The molecule has 1 aromatic carbocycles. The van der Waals surface area contributed by atoms with Gasteiger partial charge in [0.05, 0.1) is 6.61 Å². The summed E-state index contributed by atoms with van der Waals surface area (Å²) in [6.45, 7) is 7.05. The smallest absolute Gasteiger partial charge is 0.119 e. The van der Waals surface area contributed by atoms with Gasteiger partial charge in [0.25, 0.3) is 0 Å². The average molecular weight is 339 g/mol. The number of pyridine rings is 1. The van der Waals surface area contributed by atoms with Crippen LogP contribution in [0.15, 0.2) is 48.8 Å². The van der Waals surface area contributed by atoms with Crippen LogP contribution in [0.2, 0.25) is 0 Å². The van der Waals surface area contributed by atoms with Gasteiger partial charge in [-0.3, -0.25) is 4.98 Å². The Morgan fingerprint density at radius 3 is 2.72 bits per heavy atom. The minimum absolute atomic E-state index is 0.717. The van der Waals surface area contributed by atoms with Crippen LogP contribution in [0.5, 0.6) is 5.75 Å². The molecule has 0 spiro atoms. The van der Waals surface area contributed by atoms with Crippen molar-refractivity contribution in [3.8, 4) is 5.75 Å². The predicted octanol–water partition coefficient (Wildman–Crippen LogP) is 3.88. The molecule has 2 heterocycles. The largest absolute Gasteiger partial charge is 0.494 e. The Labute approximate surface area is 151 Å². The van der Waals surface area contributed by atoms with E-state index in [1.807, 2.05) is 25.4 Å². The normalized spacial score (nSPS) is 15.3. The standard InChI is InChI=1S/C21H29N3O/c1-2-25-21-5-3-4-19(16-21)17-23-11-6-18-9-14-24(15-10-18)20-7-12-22-13-8-20/h3-5,7-8,12-13,16,18,23H,2,6,9-11,14-15,17H2,1H3. The zero-order valence-corrected chi connectivity index (χ0v) is 15.2. The van der Waals surface area contributed by atoms with Crippen LogP contribution >= 0.6 is 0 Å². The number of nitrogens with zero attached hydrogens (tertiary/aromatic N) is 2. The Balaban J connectivity index is 1.34. The van der Waals surface area contributed by atoms with Gasteiger partial charge in [-0.25, -0.2) is 0 Å². The minimum atomic E-state index is 0.717. The van der Waals surface area contributed by atoms with Crippen LogP contribution in [0.25, 0.3) is 0 Å². The SMILES string of the molecule is CCOc1cccc(CNCCC2CCN(c3ccncc3)CC2)c1. The molecule has 1 N–H and O–H groups in total. The molecule has 134 valence electrons. The molecule has 0 atom stereocenters. The molecule has 1 aliphatic rings. The highest BCUT2D eigenvalue weighted by atomic mass is 16.5. The van der Waals surface area contributed by atoms with Gasteiger partial charge in [0.2, 0.25) is 0 Å². The zero-order valence-electron chi connectivity index (χ0n) is 15.2. The summed E-state index contributed by atoms with van der Waals surface area (Å²) in [7, 11) is 0. The molecular weight excluding hydrogens is 310 g/mol. The van der Waals surface area contributed by atoms with Gasteiger partial charge in [0.1, 0.15) is 5.75 Å². The second-order valence-electron chi connectivity index (χ2n) is 6.68. The first-order valence-corrected chi connectivity index (χ1v) is 9.42. The third-order valence-corrected chi connectivity index (χ3v) is 4.91. The van der Waals surface area contributed by atoms with Gasteiger partial charge in [-0.2, -0.15) is 0 Å². The molecule has 1 fully saturated rings. The van der Waals surface area contributed by atoms with Gasteiger partial charge in [0.15, 0.2) is 0 Å². The van der Waals surface area contributed by atoms with E-state index in [1.54, 1.807) is 0 Å². The number of hydrogen-bond acceptors (Lipinski definition) is 4. The van der Waals surface area contributed by atoms with Crippen molar-refractivity contribution >= 4 is 5.69 Å². The lowest BCUT2D eigenvalue weighted by Crippen LogP contribution is -2.34. The summed E-state index contributed by atoms with van der Waals surface area (Å²) in [5, 5.41) is 3.58. The van der Waals surface area contributed by atoms with Crippen molar-refractivity contribution in [2.24, 2.45) is 5.92 Å². The molecule has 0 bridgehead atoms. The molecule has 1 saturated heterocycles. The Morgan fingerprint density at radius 1 is 1.16 bits per heavy atom. The molecule has 0 aliphatic carbocycles. The minimum Gasteiger partial charge on any atom is -0.494 e. The first kappa shape index (κ1) is 17.7. The van der Waals surface area contributed by atoms with Crippen LogP contribution < -0.4 is 15.0 Å². The first-order chi connectivity index (χ1) is 12.3. The number of rotatable bonds is 8. The summed E-state index contributed by atoms with van der Waals surface area (Å²) < 4.78 is 5.56. The first-order valence-electron chi connectivity index (χ1n) is 9.42. The van der Waals surface area contributed by atoms with Crippen molar-refractivity contribution in [3.05, 3.63) is 54.4 Å². The van der Waals surface area contributed by atoms with E-state index in [1.165, 1.54) is 30.5 Å². The number of aromatic nitrogens is 1. The van der Waals surface area contributed by atoms with E-state index in [2.05, 4.69) is 45.5 Å². The lowest BCUT2D eigenvalue weighted by Gasteiger charge is -2.33. The maximum atomic E-state index is 5.56. The van der Waals surface area contributed by atoms with E-state index >= 15 is 0 Å². The van der Waals surface area contributed by atoms with Crippen molar-refractivity contribution in [2.45, 2.75) is 32.7 Å². The Kier molecular flexibility index (Phi) is 6.69. The monoisotopic (exact) mass is 339 g/mol. The summed E-state index contributed by atoms with van der Waals surface area (Å²) >= 11 is 0. The van der Waals surface area contributed by atoms with E-state index in [0.29, 0.717) is 0 Å².